The van der Waals surface area contributed by atoms with Crippen LogP contribution in [0, 0.1) is 5.82 Å². The van der Waals surface area contributed by atoms with Gasteiger partial charge in [-0.05, 0) is 44.2 Å². The second kappa shape index (κ2) is 11.2. The van der Waals surface area contributed by atoms with Gasteiger partial charge in [-0.1, -0.05) is 35.5 Å². The quantitative estimate of drug-likeness (QED) is 0.432. The second-order valence-corrected chi connectivity index (χ2v) is 8.32. The Morgan fingerprint density at radius 3 is 2.70 bits per heavy atom. The van der Waals surface area contributed by atoms with Gasteiger partial charge in [0.25, 0.3) is 5.91 Å². The fourth-order valence-corrected chi connectivity index (χ4v) is 4.08. The minimum absolute atomic E-state index is 0.0466. The van der Waals surface area contributed by atoms with Crippen LogP contribution in [0.15, 0.2) is 47.6 Å². The first-order valence-corrected chi connectivity index (χ1v) is 11.4. The van der Waals surface area contributed by atoms with E-state index in [9.17, 15) is 14.0 Å². The monoisotopic (exact) mass is 491 g/mol. The Labute approximate surface area is 199 Å². The average Bonchev–Trinajstić information content (AvgIpc) is 3.21. The van der Waals surface area contributed by atoms with Gasteiger partial charge in [0.15, 0.2) is 11.0 Å². The van der Waals surface area contributed by atoms with Crippen molar-refractivity contribution in [2.24, 2.45) is 0 Å². The molecule has 0 unspecified atom stereocenters. The Bertz CT molecular complexity index is 1160. The van der Waals surface area contributed by atoms with Crippen molar-refractivity contribution in [2.45, 2.75) is 31.6 Å². The Kier molecular flexibility index (Phi) is 8.29. The summed E-state index contributed by atoms with van der Waals surface area (Å²) >= 11 is 7.20. The maximum atomic E-state index is 13.9. The van der Waals surface area contributed by atoms with Crippen LogP contribution in [0.3, 0.4) is 0 Å². The normalized spacial score (nSPS) is 11.7. The number of thioether (sulfide) groups is 1. The first-order chi connectivity index (χ1) is 15.8. The van der Waals surface area contributed by atoms with Crippen LogP contribution in [0.1, 0.15) is 36.1 Å². The van der Waals surface area contributed by atoms with E-state index in [1.165, 1.54) is 37.1 Å². The summed E-state index contributed by atoms with van der Waals surface area (Å²) in [7, 11) is 1.50. The summed E-state index contributed by atoms with van der Waals surface area (Å²) in [5.74, 6) is -0.344. The van der Waals surface area contributed by atoms with Gasteiger partial charge >= 0.3 is 0 Å². The van der Waals surface area contributed by atoms with Crippen LogP contribution in [-0.2, 0) is 11.3 Å². The van der Waals surface area contributed by atoms with Gasteiger partial charge in [-0.25, -0.2) is 4.39 Å². The fraction of sp³-hybridized carbons (Fsp3) is 0.273. The molecule has 2 aromatic carbocycles. The maximum Gasteiger partial charge on any atom is 0.254 e. The van der Waals surface area contributed by atoms with Crippen LogP contribution in [-0.4, -0.2) is 39.4 Å². The van der Waals surface area contributed by atoms with Crippen molar-refractivity contribution in [3.63, 3.8) is 0 Å². The van der Waals surface area contributed by atoms with E-state index < -0.39 is 17.8 Å². The van der Waals surface area contributed by atoms with Gasteiger partial charge in [0.05, 0.1) is 30.2 Å². The van der Waals surface area contributed by atoms with Gasteiger partial charge in [0, 0.05) is 11.6 Å². The molecule has 1 heterocycles. The molecule has 174 valence electrons. The lowest BCUT2D eigenvalue weighted by atomic mass is 10.2. The lowest BCUT2D eigenvalue weighted by Gasteiger charge is -2.15. The number of rotatable bonds is 9. The van der Waals surface area contributed by atoms with E-state index >= 15 is 0 Å². The van der Waals surface area contributed by atoms with Crippen LogP contribution in [0.4, 0.5) is 10.1 Å². The van der Waals surface area contributed by atoms with E-state index in [2.05, 4.69) is 20.8 Å². The van der Waals surface area contributed by atoms with Crippen molar-refractivity contribution in [1.29, 1.82) is 0 Å². The van der Waals surface area contributed by atoms with E-state index in [4.69, 9.17) is 16.3 Å². The molecule has 0 aliphatic carbocycles. The molecule has 0 radical (unpaired) electrons. The smallest absolute Gasteiger partial charge is 0.254 e. The number of ether oxygens (including phenoxy) is 1. The highest BCUT2D eigenvalue weighted by molar-refractivity contribution is 7.99. The molecule has 11 heteroatoms. The minimum atomic E-state index is -0.599. The van der Waals surface area contributed by atoms with Crippen molar-refractivity contribution in [2.75, 3.05) is 18.2 Å². The standard InChI is InChI=1S/C22H23ClFN5O3S/c1-4-29-20(13(2)25-21(31)15-7-5-6-8-16(15)24)27-28-22(29)33-12-19(30)26-17-11-14(23)9-10-18(17)32-3/h5-11,13H,4,12H2,1-3H3,(H,25,31)(H,26,30)/t13-/m0/s1. The van der Waals surface area contributed by atoms with Gasteiger partial charge < -0.3 is 19.9 Å². The zero-order chi connectivity index (χ0) is 24.0. The molecular formula is C22H23ClFN5O3S. The van der Waals surface area contributed by atoms with Crippen molar-refractivity contribution >= 4 is 40.9 Å². The SMILES string of the molecule is CCn1c(SCC(=O)Nc2cc(Cl)ccc2OC)nnc1[C@H](C)NC(=O)c1ccccc1F. The number of halogens is 2. The van der Waals surface area contributed by atoms with Crippen molar-refractivity contribution in [3.8, 4) is 5.75 Å². The first-order valence-electron chi connectivity index (χ1n) is 10.1. The second-order valence-electron chi connectivity index (χ2n) is 6.94. The summed E-state index contributed by atoms with van der Waals surface area (Å²) in [5, 5.41) is 14.8. The van der Waals surface area contributed by atoms with Crippen LogP contribution in [0.25, 0.3) is 0 Å². The van der Waals surface area contributed by atoms with E-state index in [0.717, 1.165) is 0 Å². The number of benzene rings is 2. The number of amides is 2. The van der Waals surface area contributed by atoms with E-state index in [0.29, 0.717) is 34.0 Å². The number of hydrogen-bond acceptors (Lipinski definition) is 6. The Morgan fingerprint density at radius 2 is 2.00 bits per heavy atom. The number of aromatic nitrogens is 3. The Morgan fingerprint density at radius 1 is 1.24 bits per heavy atom. The zero-order valence-corrected chi connectivity index (χ0v) is 19.8. The number of nitrogens with zero attached hydrogens (tertiary/aromatic N) is 3. The highest BCUT2D eigenvalue weighted by Crippen LogP contribution is 2.28. The molecule has 0 spiro atoms. The topological polar surface area (TPSA) is 98.1 Å². The fourth-order valence-electron chi connectivity index (χ4n) is 3.10. The van der Waals surface area contributed by atoms with Gasteiger partial charge in [-0.15, -0.1) is 10.2 Å². The van der Waals surface area contributed by atoms with Gasteiger partial charge in [0.2, 0.25) is 5.91 Å². The molecule has 8 nitrogen and oxygen atoms in total. The number of hydrogen-bond donors (Lipinski definition) is 2. The summed E-state index contributed by atoms with van der Waals surface area (Å²) < 4.78 is 20.9. The molecule has 0 aliphatic heterocycles. The molecule has 2 N–H and O–H groups in total. The number of nitrogens with one attached hydrogen (secondary N) is 2. The van der Waals surface area contributed by atoms with Crippen molar-refractivity contribution in [1.82, 2.24) is 20.1 Å². The molecule has 3 aromatic rings. The maximum absolute atomic E-state index is 13.9. The summed E-state index contributed by atoms with van der Waals surface area (Å²) in [5.41, 5.74) is 0.423. The summed E-state index contributed by atoms with van der Waals surface area (Å²) in [6.45, 7) is 4.16. The van der Waals surface area contributed by atoms with Gasteiger partial charge in [0.1, 0.15) is 11.6 Å². The summed E-state index contributed by atoms with van der Waals surface area (Å²) in [4.78, 5) is 24.9. The Hall–Kier alpha value is -3.11. The largest absolute Gasteiger partial charge is 0.495 e. The summed E-state index contributed by atoms with van der Waals surface area (Å²) in [6, 6.07) is 10.2. The predicted octanol–water partition coefficient (Wildman–Crippen LogP) is 4.32. The third-order valence-corrected chi connectivity index (χ3v) is 5.88. The number of carbonyl (C=O) groups excluding carboxylic acids is 2. The molecular weight excluding hydrogens is 469 g/mol. The highest BCUT2D eigenvalue weighted by atomic mass is 35.5. The first kappa shape index (κ1) is 24.5. The third kappa shape index (κ3) is 6.02. The van der Waals surface area contributed by atoms with Crippen LogP contribution in [0.5, 0.6) is 5.75 Å². The van der Waals surface area contributed by atoms with E-state index in [-0.39, 0.29) is 17.2 Å². The van der Waals surface area contributed by atoms with Crippen LogP contribution in [0.2, 0.25) is 5.02 Å². The van der Waals surface area contributed by atoms with Gasteiger partial charge in [-0.2, -0.15) is 0 Å². The molecule has 1 atom stereocenters. The van der Waals surface area contributed by atoms with Crippen LogP contribution < -0.4 is 15.4 Å². The molecule has 0 saturated heterocycles. The highest BCUT2D eigenvalue weighted by Gasteiger charge is 2.21. The average molecular weight is 492 g/mol. The van der Waals surface area contributed by atoms with Crippen LogP contribution >= 0.6 is 23.4 Å². The number of carbonyl (C=O) groups is 2. The van der Waals surface area contributed by atoms with Crippen molar-refractivity contribution < 1.29 is 18.7 Å². The number of methoxy groups -OCH3 is 1. The third-order valence-electron chi connectivity index (χ3n) is 4.68. The lowest BCUT2D eigenvalue weighted by molar-refractivity contribution is -0.113. The summed E-state index contributed by atoms with van der Waals surface area (Å²) in [6.07, 6.45) is 0. The predicted molar refractivity (Wildman–Crippen MR) is 125 cm³/mol. The molecule has 0 aliphatic rings. The molecule has 1 aromatic heterocycles. The minimum Gasteiger partial charge on any atom is -0.495 e. The number of anilines is 1. The molecule has 0 fully saturated rings. The molecule has 33 heavy (non-hydrogen) atoms. The lowest BCUT2D eigenvalue weighted by Crippen LogP contribution is -2.29. The molecule has 2 amide bonds. The van der Waals surface area contributed by atoms with Gasteiger partial charge in [-0.3, -0.25) is 9.59 Å². The van der Waals surface area contributed by atoms with E-state index in [1.54, 1.807) is 35.8 Å². The van der Waals surface area contributed by atoms with E-state index in [1.807, 2.05) is 6.92 Å². The van der Waals surface area contributed by atoms with Crippen molar-refractivity contribution in [3.05, 3.63) is 64.7 Å². The zero-order valence-electron chi connectivity index (χ0n) is 18.3. The molecule has 0 saturated carbocycles. The molecule has 3 rings (SSSR count). The Balaban J connectivity index is 1.65. The molecule has 0 bridgehead atoms.